The minimum absolute atomic E-state index is 0.265. The van der Waals surface area contributed by atoms with Gasteiger partial charge in [0.2, 0.25) is 0 Å². The predicted octanol–water partition coefficient (Wildman–Crippen LogP) is 2.67. The number of nitrogens with zero attached hydrogens (tertiary/aromatic N) is 1. The van der Waals surface area contributed by atoms with Gasteiger partial charge in [-0.2, -0.15) is 13.2 Å². The molecule has 1 N–H and O–H groups in total. The Morgan fingerprint density at radius 3 is 2.30 bits per heavy atom. The molecule has 0 heterocycles. The fourth-order valence-electron chi connectivity index (χ4n) is 1.36. The summed E-state index contributed by atoms with van der Waals surface area (Å²) >= 11 is 0. The van der Waals surface area contributed by atoms with Crippen LogP contribution in [0.1, 0.15) is 6.42 Å². The molecule has 0 spiro atoms. The lowest BCUT2D eigenvalue weighted by Gasteiger charge is -2.21. The van der Waals surface area contributed by atoms with E-state index in [0.717, 1.165) is 4.90 Å². The third-order valence-corrected chi connectivity index (χ3v) is 2.20. The number of halogens is 3. The van der Waals surface area contributed by atoms with E-state index in [1.165, 1.54) is 12.1 Å². The highest BCUT2D eigenvalue weighted by Crippen LogP contribution is 2.18. The molecule has 20 heavy (non-hydrogen) atoms. The maximum absolute atomic E-state index is 12.0. The average molecular weight is 291 g/mol. The van der Waals surface area contributed by atoms with Crippen LogP contribution < -0.4 is 4.90 Å². The molecule has 0 fully saturated rings. The van der Waals surface area contributed by atoms with E-state index >= 15 is 0 Å². The Hall–Kier alpha value is -2.25. The van der Waals surface area contributed by atoms with Gasteiger partial charge >= 0.3 is 18.2 Å². The number of benzene rings is 1. The standard InChI is InChI=1S/C12H12F3NO4/c13-12(14,15)8-20-11(19)16(7-6-10(17)18)9-4-2-1-3-5-9/h1-5H,6-8H2,(H,17,18). The molecule has 0 aliphatic carbocycles. The maximum atomic E-state index is 12.0. The SMILES string of the molecule is O=C(O)CCN(C(=O)OCC(F)(F)F)c1ccccc1. The molecule has 1 rings (SSSR count). The molecule has 1 amide bonds. The summed E-state index contributed by atoms with van der Waals surface area (Å²) in [6.45, 7) is -2.00. The van der Waals surface area contributed by atoms with Gasteiger partial charge in [0.05, 0.1) is 6.42 Å². The summed E-state index contributed by atoms with van der Waals surface area (Å²) in [4.78, 5) is 23.0. The molecule has 0 saturated heterocycles. The van der Waals surface area contributed by atoms with Crippen molar-refractivity contribution < 1.29 is 32.6 Å². The fraction of sp³-hybridized carbons (Fsp3) is 0.333. The first-order valence-electron chi connectivity index (χ1n) is 5.57. The minimum atomic E-state index is -4.63. The van der Waals surface area contributed by atoms with Crippen LogP contribution in [0.5, 0.6) is 0 Å². The van der Waals surface area contributed by atoms with Gasteiger partial charge in [-0.05, 0) is 12.1 Å². The summed E-state index contributed by atoms with van der Waals surface area (Å²) in [6.07, 6.45) is -6.28. The van der Waals surface area contributed by atoms with E-state index in [1.807, 2.05) is 0 Å². The maximum Gasteiger partial charge on any atom is 0.422 e. The van der Waals surface area contributed by atoms with Crippen LogP contribution in [0.2, 0.25) is 0 Å². The Kier molecular flexibility index (Phi) is 5.36. The van der Waals surface area contributed by atoms with Crippen molar-refractivity contribution in [3.63, 3.8) is 0 Å². The topological polar surface area (TPSA) is 66.8 Å². The number of rotatable bonds is 5. The van der Waals surface area contributed by atoms with Crippen molar-refractivity contribution in [3.05, 3.63) is 30.3 Å². The zero-order chi connectivity index (χ0) is 15.2. The molecular formula is C12H12F3NO4. The molecule has 8 heteroatoms. The molecule has 0 unspecified atom stereocenters. The van der Waals surface area contributed by atoms with Crippen LogP contribution in [0.25, 0.3) is 0 Å². The first-order chi connectivity index (χ1) is 9.29. The van der Waals surface area contributed by atoms with E-state index in [4.69, 9.17) is 5.11 Å². The summed E-state index contributed by atoms with van der Waals surface area (Å²) < 4.78 is 40.1. The number of carboxylic acids is 1. The Balaban J connectivity index is 2.77. The second-order valence-electron chi connectivity index (χ2n) is 3.80. The van der Waals surface area contributed by atoms with Crippen molar-refractivity contribution in [2.45, 2.75) is 12.6 Å². The molecule has 0 aromatic heterocycles. The summed E-state index contributed by atoms with van der Waals surface area (Å²) in [6, 6.07) is 7.73. The molecule has 0 saturated carbocycles. The number of carbonyl (C=O) groups is 2. The molecule has 1 aromatic carbocycles. The van der Waals surface area contributed by atoms with E-state index in [2.05, 4.69) is 4.74 Å². The van der Waals surface area contributed by atoms with Crippen LogP contribution in [-0.2, 0) is 9.53 Å². The second-order valence-corrected chi connectivity index (χ2v) is 3.80. The fourth-order valence-corrected chi connectivity index (χ4v) is 1.36. The van der Waals surface area contributed by atoms with Crippen LogP contribution >= 0.6 is 0 Å². The molecule has 1 aromatic rings. The van der Waals surface area contributed by atoms with Gasteiger partial charge in [-0.15, -0.1) is 0 Å². The Morgan fingerprint density at radius 2 is 1.80 bits per heavy atom. The predicted molar refractivity (Wildman–Crippen MR) is 63.4 cm³/mol. The number of carboxylic acid groups (broad SMARTS) is 1. The first kappa shape index (κ1) is 15.8. The highest BCUT2D eigenvalue weighted by atomic mass is 19.4. The molecule has 0 aliphatic heterocycles. The van der Waals surface area contributed by atoms with Gasteiger partial charge in [-0.3, -0.25) is 9.69 Å². The summed E-state index contributed by atoms with van der Waals surface area (Å²) in [5, 5.41) is 8.59. The van der Waals surface area contributed by atoms with Crippen LogP contribution in [-0.4, -0.2) is 36.5 Å². The normalized spacial score (nSPS) is 10.9. The quantitative estimate of drug-likeness (QED) is 0.905. The van der Waals surface area contributed by atoms with Crippen molar-refractivity contribution in [2.75, 3.05) is 18.1 Å². The summed E-state index contributed by atoms with van der Waals surface area (Å²) in [5.41, 5.74) is 0.265. The highest BCUT2D eigenvalue weighted by molar-refractivity contribution is 5.88. The Bertz CT molecular complexity index is 462. The molecule has 0 bridgehead atoms. The van der Waals surface area contributed by atoms with E-state index in [-0.39, 0.29) is 12.2 Å². The number of alkyl halides is 3. The van der Waals surface area contributed by atoms with Crippen molar-refractivity contribution in [3.8, 4) is 0 Å². The van der Waals surface area contributed by atoms with Crippen LogP contribution in [0.3, 0.4) is 0 Å². The Morgan fingerprint density at radius 1 is 1.20 bits per heavy atom. The molecule has 5 nitrogen and oxygen atoms in total. The molecule has 0 aliphatic rings. The lowest BCUT2D eigenvalue weighted by atomic mass is 10.3. The third kappa shape index (κ3) is 5.59. The second kappa shape index (κ2) is 6.78. The van der Waals surface area contributed by atoms with Crippen LogP contribution in [0, 0.1) is 0 Å². The molecule has 0 radical (unpaired) electrons. The van der Waals surface area contributed by atoms with Crippen molar-refractivity contribution >= 4 is 17.7 Å². The number of para-hydroxylation sites is 1. The van der Waals surface area contributed by atoms with Gasteiger partial charge < -0.3 is 9.84 Å². The van der Waals surface area contributed by atoms with Crippen molar-refractivity contribution in [1.29, 1.82) is 0 Å². The molecule has 110 valence electrons. The summed E-state index contributed by atoms with van der Waals surface area (Å²) in [7, 11) is 0. The lowest BCUT2D eigenvalue weighted by molar-refractivity contribution is -0.159. The number of amides is 1. The molecular weight excluding hydrogens is 279 g/mol. The number of anilines is 1. The first-order valence-corrected chi connectivity index (χ1v) is 5.57. The zero-order valence-electron chi connectivity index (χ0n) is 10.3. The number of hydrogen-bond acceptors (Lipinski definition) is 3. The van der Waals surface area contributed by atoms with Gasteiger partial charge in [0.1, 0.15) is 0 Å². The van der Waals surface area contributed by atoms with E-state index in [1.54, 1.807) is 18.2 Å². The number of carbonyl (C=O) groups excluding carboxylic acids is 1. The van der Waals surface area contributed by atoms with Crippen molar-refractivity contribution in [2.24, 2.45) is 0 Å². The minimum Gasteiger partial charge on any atom is -0.481 e. The van der Waals surface area contributed by atoms with E-state index < -0.39 is 31.3 Å². The van der Waals surface area contributed by atoms with Crippen molar-refractivity contribution in [1.82, 2.24) is 0 Å². The lowest BCUT2D eigenvalue weighted by Crippen LogP contribution is -2.35. The number of hydrogen-bond donors (Lipinski definition) is 1. The Labute approximate surface area is 112 Å². The van der Waals surface area contributed by atoms with Gasteiger partial charge in [0.15, 0.2) is 6.61 Å². The van der Waals surface area contributed by atoms with Gasteiger partial charge in [0, 0.05) is 12.2 Å². The molecule has 0 atom stereocenters. The smallest absolute Gasteiger partial charge is 0.422 e. The van der Waals surface area contributed by atoms with E-state index in [9.17, 15) is 22.8 Å². The van der Waals surface area contributed by atoms with Gasteiger partial charge in [-0.1, -0.05) is 18.2 Å². The number of aliphatic carboxylic acids is 1. The van der Waals surface area contributed by atoms with E-state index in [0.29, 0.717) is 0 Å². The summed E-state index contributed by atoms with van der Waals surface area (Å²) in [5.74, 6) is -1.17. The zero-order valence-corrected chi connectivity index (χ0v) is 10.3. The monoisotopic (exact) mass is 291 g/mol. The average Bonchev–Trinajstić information content (AvgIpc) is 2.36. The number of ether oxygens (including phenoxy) is 1. The highest BCUT2D eigenvalue weighted by Gasteiger charge is 2.31. The van der Waals surface area contributed by atoms with Crippen LogP contribution in [0.4, 0.5) is 23.7 Å². The largest absolute Gasteiger partial charge is 0.481 e. The van der Waals surface area contributed by atoms with Gasteiger partial charge in [0.25, 0.3) is 0 Å². The van der Waals surface area contributed by atoms with Gasteiger partial charge in [-0.25, -0.2) is 4.79 Å². The third-order valence-electron chi connectivity index (χ3n) is 2.20. The van der Waals surface area contributed by atoms with Crippen LogP contribution in [0.15, 0.2) is 30.3 Å².